The Bertz CT molecular complexity index is 947. The van der Waals surface area contributed by atoms with E-state index in [0.29, 0.717) is 28.9 Å². The van der Waals surface area contributed by atoms with E-state index in [9.17, 15) is 4.79 Å². The summed E-state index contributed by atoms with van der Waals surface area (Å²) in [5.41, 5.74) is 1.61. The number of esters is 1. The van der Waals surface area contributed by atoms with Crippen LogP contribution in [0.5, 0.6) is 0 Å². The van der Waals surface area contributed by atoms with E-state index in [-0.39, 0.29) is 6.61 Å². The number of rotatable bonds is 6. The molecule has 0 saturated heterocycles. The highest BCUT2D eigenvalue weighted by atomic mass is 79.9. The van der Waals surface area contributed by atoms with E-state index in [1.807, 2.05) is 30.3 Å². The van der Waals surface area contributed by atoms with Crippen LogP contribution in [0.3, 0.4) is 0 Å². The third-order valence-electron chi connectivity index (χ3n) is 3.39. The van der Waals surface area contributed by atoms with Crippen LogP contribution in [0, 0.1) is 11.8 Å². The standard InChI is InChI=1S/C20H15BrN2O3S/c21-17-10-8-16(9-11-17)19(24)25-12-4-5-13-27-20-23-22-18(26-20)14-15-6-2-1-3-7-15/h1-3,6-11H,12-14H2. The molecule has 5 nitrogen and oxygen atoms in total. The molecule has 136 valence electrons. The molecule has 2 aromatic carbocycles. The molecule has 0 N–H and O–H groups in total. The van der Waals surface area contributed by atoms with E-state index in [2.05, 4.69) is 38.0 Å². The topological polar surface area (TPSA) is 65.2 Å². The van der Waals surface area contributed by atoms with Crippen molar-refractivity contribution < 1.29 is 13.9 Å². The van der Waals surface area contributed by atoms with Gasteiger partial charge in [0.1, 0.15) is 0 Å². The van der Waals surface area contributed by atoms with E-state index in [4.69, 9.17) is 9.15 Å². The lowest BCUT2D eigenvalue weighted by atomic mass is 10.2. The Morgan fingerprint density at radius 3 is 2.63 bits per heavy atom. The van der Waals surface area contributed by atoms with Crippen LogP contribution in [-0.2, 0) is 11.2 Å². The summed E-state index contributed by atoms with van der Waals surface area (Å²) in [7, 11) is 0. The number of hydrogen-bond donors (Lipinski definition) is 0. The second-order valence-electron chi connectivity index (χ2n) is 5.35. The van der Waals surface area contributed by atoms with Gasteiger partial charge in [0.2, 0.25) is 5.89 Å². The van der Waals surface area contributed by atoms with Crippen LogP contribution < -0.4 is 0 Å². The van der Waals surface area contributed by atoms with E-state index >= 15 is 0 Å². The Hall–Kier alpha value is -2.56. The first kappa shape index (κ1) is 19.2. The zero-order valence-corrected chi connectivity index (χ0v) is 16.6. The minimum Gasteiger partial charge on any atom is -0.449 e. The summed E-state index contributed by atoms with van der Waals surface area (Å²) in [5.74, 6) is 6.36. The summed E-state index contributed by atoms with van der Waals surface area (Å²) in [5, 5.41) is 8.50. The highest BCUT2D eigenvalue weighted by Gasteiger charge is 2.07. The van der Waals surface area contributed by atoms with Crippen molar-refractivity contribution in [2.45, 2.75) is 11.6 Å². The summed E-state index contributed by atoms with van der Waals surface area (Å²) >= 11 is 4.67. The van der Waals surface area contributed by atoms with Gasteiger partial charge in [0, 0.05) is 4.47 Å². The number of nitrogens with zero attached hydrogens (tertiary/aromatic N) is 2. The Morgan fingerprint density at radius 1 is 1.07 bits per heavy atom. The monoisotopic (exact) mass is 442 g/mol. The molecule has 0 saturated carbocycles. The summed E-state index contributed by atoms with van der Waals surface area (Å²) in [4.78, 5) is 11.8. The molecule has 0 aliphatic carbocycles. The van der Waals surface area contributed by atoms with Crippen molar-refractivity contribution in [2.75, 3.05) is 12.4 Å². The number of thioether (sulfide) groups is 1. The fourth-order valence-corrected chi connectivity index (χ4v) is 2.92. The van der Waals surface area contributed by atoms with Gasteiger partial charge in [0.05, 0.1) is 17.7 Å². The van der Waals surface area contributed by atoms with E-state index < -0.39 is 5.97 Å². The molecule has 3 aromatic rings. The molecular formula is C20H15BrN2O3S. The van der Waals surface area contributed by atoms with Crippen molar-refractivity contribution in [3.05, 3.63) is 76.1 Å². The van der Waals surface area contributed by atoms with Crippen molar-refractivity contribution in [3.63, 3.8) is 0 Å². The van der Waals surface area contributed by atoms with Crippen LogP contribution in [0.2, 0.25) is 0 Å². The maximum atomic E-state index is 11.8. The lowest BCUT2D eigenvalue weighted by molar-refractivity contribution is 0.0556. The van der Waals surface area contributed by atoms with Gasteiger partial charge in [-0.05, 0) is 29.8 Å². The fourth-order valence-electron chi connectivity index (χ4n) is 2.11. The molecule has 0 spiro atoms. The second kappa shape index (κ2) is 9.95. The zero-order chi connectivity index (χ0) is 18.9. The molecule has 1 heterocycles. The highest BCUT2D eigenvalue weighted by Crippen LogP contribution is 2.17. The van der Waals surface area contributed by atoms with Crippen molar-refractivity contribution in [1.29, 1.82) is 0 Å². The lowest BCUT2D eigenvalue weighted by Gasteiger charge is -2.00. The van der Waals surface area contributed by atoms with Crippen molar-refractivity contribution in [1.82, 2.24) is 10.2 Å². The second-order valence-corrected chi connectivity index (χ2v) is 7.19. The molecule has 1 aromatic heterocycles. The van der Waals surface area contributed by atoms with E-state index in [1.165, 1.54) is 11.8 Å². The van der Waals surface area contributed by atoms with Crippen LogP contribution in [0.25, 0.3) is 0 Å². The average molecular weight is 443 g/mol. The van der Waals surface area contributed by atoms with Gasteiger partial charge in [-0.2, -0.15) is 0 Å². The van der Waals surface area contributed by atoms with Gasteiger partial charge in [0.25, 0.3) is 5.22 Å². The number of carbonyl (C=O) groups is 1. The maximum absolute atomic E-state index is 11.8. The smallest absolute Gasteiger partial charge is 0.339 e. The zero-order valence-electron chi connectivity index (χ0n) is 14.2. The molecule has 0 unspecified atom stereocenters. The van der Waals surface area contributed by atoms with Crippen LogP contribution in [0.4, 0.5) is 0 Å². The van der Waals surface area contributed by atoms with Crippen LogP contribution >= 0.6 is 27.7 Å². The quantitative estimate of drug-likeness (QED) is 0.320. The number of hydrogen-bond acceptors (Lipinski definition) is 6. The lowest BCUT2D eigenvalue weighted by Crippen LogP contribution is -2.04. The van der Waals surface area contributed by atoms with Crippen molar-refractivity contribution >= 4 is 33.7 Å². The molecular weight excluding hydrogens is 428 g/mol. The van der Waals surface area contributed by atoms with E-state index in [0.717, 1.165) is 10.0 Å². The number of halogens is 1. The number of benzene rings is 2. The molecule has 0 radical (unpaired) electrons. The number of carbonyl (C=O) groups excluding carboxylic acids is 1. The fraction of sp³-hybridized carbons (Fsp3) is 0.150. The molecule has 27 heavy (non-hydrogen) atoms. The molecule has 0 amide bonds. The Labute approximate surface area is 169 Å². The molecule has 0 aliphatic rings. The van der Waals surface area contributed by atoms with Gasteiger partial charge in [-0.3, -0.25) is 0 Å². The predicted octanol–water partition coefficient (Wildman–Crippen LogP) is 4.38. The minimum absolute atomic E-state index is 0.0402. The Balaban J connectivity index is 1.39. The Kier molecular flexibility index (Phi) is 7.08. The molecule has 0 fully saturated rings. The summed E-state index contributed by atoms with van der Waals surface area (Å²) in [6.07, 6.45) is 0.603. The van der Waals surface area contributed by atoms with Gasteiger partial charge in [-0.25, -0.2) is 4.79 Å². The third-order valence-corrected chi connectivity index (χ3v) is 4.62. The van der Waals surface area contributed by atoms with Crippen LogP contribution in [0.15, 0.2) is 68.7 Å². The normalized spacial score (nSPS) is 10.1. The predicted molar refractivity (Wildman–Crippen MR) is 106 cm³/mol. The minimum atomic E-state index is -0.396. The molecule has 0 bridgehead atoms. The summed E-state index contributed by atoms with van der Waals surface area (Å²) < 4.78 is 11.6. The summed E-state index contributed by atoms with van der Waals surface area (Å²) in [6, 6.07) is 16.9. The largest absolute Gasteiger partial charge is 0.449 e. The van der Waals surface area contributed by atoms with Crippen LogP contribution in [0.1, 0.15) is 21.8 Å². The van der Waals surface area contributed by atoms with Crippen molar-refractivity contribution in [2.24, 2.45) is 0 Å². The SMILES string of the molecule is O=C(OCC#CCSc1nnc(Cc2ccccc2)o1)c1ccc(Br)cc1. The first-order valence-electron chi connectivity index (χ1n) is 8.08. The van der Waals surface area contributed by atoms with Crippen LogP contribution in [-0.4, -0.2) is 28.5 Å². The third kappa shape index (κ3) is 6.27. The number of ether oxygens (including phenoxy) is 1. The molecule has 0 aliphatic heterocycles. The molecule has 3 rings (SSSR count). The van der Waals surface area contributed by atoms with E-state index in [1.54, 1.807) is 24.3 Å². The highest BCUT2D eigenvalue weighted by molar-refractivity contribution is 9.10. The van der Waals surface area contributed by atoms with Crippen molar-refractivity contribution in [3.8, 4) is 11.8 Å². The van der Waals surface area contributed by atoms with Gasteiger partial charge in [-0.1, -0.05) is 69.9 Å². The van der Waals surface area contributed by atoms with Gasteiger partial charge in [0.15, 0.2) is 6.61 Å². The summed E-state index contributed by atoms with van der Waals surface area (Å²) in [6.45, 7) is 0.0402. The Morgan fingerprint density at radius 2 is 1.85 bits per heavy atom. The van der Waals surface area contributed by atoms with Gasteiger partial charge in [-0.15, -0.1) is 10.2 Å². The maximum Gasteiger partial charge on any atom is 0.339 e. The number of aromatic nitrogens is 2. The molecule has 0 atom stereocenters. The van der Waals surface area contributed by atoms with Gasteiger partial charge < -0.3 is 9.15 Å². The average Bonchev–Trinajstić information content (AvgIpc) is 3.13. The van der Waals surface area contributed by atoms with Gasteiger partial charge >= 0.3 is 5.97 Å². The molecule has 7 heteroatoms. The first-order chi connectivity index (χ1) is 13.2. The first-order valence-corrected chi connectivity index (χ1v) is 9.86.